The number of halogens is 3. The van der Waals surface area contributed by atoms with Gasteiger partial charge in [0, 0.05) is 49.2 Å². The van der Waals surface area contributed by atoms with Crippen molar-refractivity contribution in [2.75, 3.05) is 36.9 Å². The van der Waals surface area contributed by atoms with Crippen molar-refractivity contribution in [1.82, 2.24) is 24.4 Å². The van der Waals surface area contributed by atoms with Gasteiger partial charge >= 0.3 is 6.36 Å². The third-order valence-corrected chi connectivity index (χ3v) is 7.38. The quantitative estimate of drug-likeness (QED) is 0.216. The number of carbonyl (C=O) groups is 1. The third kappa shape index (κ3) is 7.21. The zero-order valence-corrected chi connectivity index (χ0v) is 24.6. The molecule has 3 heterocycles. The molecule has 0 saturated carbocycles. The van der Waals surface area contributed by atoms with Gasteiger partial charge in [0.05, 0.1) is 19.5 Å². The van der Waals surface area contributed by atoms with Gasteiger partial charge in [0.1, 0.15) is 17.0 Å². The molecule has 2 aromatic heterocycles. The Morgan fingerprint density at radius 3 is 2.44 bits per heavy atom. The molecule has 6 rings (SSSR count). The van der Waals surface area contributed by atoms with Gasteiger partial charge in [0.25, 0.3) is 5.91 Å². The van der Waals surface area contributed by atoms with Crippen LogP contribution in [0.3, 0.4) is 0 Å². The van der Waals surface area contributed by atoms with Crippen LogP contribution in [0.1, 0.15) is 21.5 Å². The summed E-state index contributed by atoms with van der Waals surface area (Å²) in [4.78, 5) is 29.0. The molecule has 5 aromatic rings. The molecule has 45 heavy (non-hydrogen) atoms. The topological polar surface area (TPSA) is 106 Å². The summed E-state index contributed by atoms with van der Waals surface area (Å²) >= 11 is 0. The molecule has 10 nitrogen and oxygen atoms in total. The Morgan fingerprint density at radius 1 is 1.00 bits per heavy atom. The number of fused-ring (bicyclic) bond motifs is 1. The fraction of sp³-hybridized carbons (Fsp3) is 0.250. The number of morpholine rings is 1. The predicted molar refractivity (Wildman–Crippen MR) is 163 cm³/mol. The molecule has 0 atom stereocenters. The largest absolute Gasteiger partial charge is 0.573 e. The SMILES string of the molecule is Cc1ccc(CN2CCOCC2)cc1NC(=O)c1ccc(Nc2nc(-c3ccc(OC(F)(F)F)cc3)c3ncn(C)c3n2)cc1. The van der Waals surface area contributed by atoms with Crippen LogP contribution in [-0.4, -0.2) is 63.0 Å². The lowest BCUT2D eigenvalue weighted by molar-refractivity contribution is -0.274. The Balaban J connectivity index is 1.17. The van der Waals surface area contributed by atoms with Gasteiger partial charge in [-0.05, 0) is 72.6 Å². The summed E-state index contributed by atoms with van der Waals surface area (Å²) in [6.45, 7) is 5.96. The van der Waals surface area contributed by atoms with E-state index in [1.54, 1.807) is 42.2 Å². The second-order valence-electron chi connectivity index (χ2n) is 10.7. The number of carbonyl (C=O) groups excluding carboxylic acids is 1. The smallest absolute Gasteiger partial charge is 0.406 e. The van der Waals surface area contributed by atoms with Crippen LogP contribution in [0.15, 0.2) is 73.1 Å². The van der Waals surface area contributed by atoms with Crippen molar-refractivity contribution in [2.45, 2.75) is 19.8 Å². The normalized spacial score (nSPS) is 14.0. The van der Waals surface area contributed by atoms with Crippen LogP contribution in [0.2, 0.25) is 0 Å². The summed E-state index contributed by atoms with van der Waals surface area (Å²) in [7, 11) is 1.78. The first-order valence-electron chi connectivity index (χ1n) is 14.2. The van der Waals surface area contributed by atoms with Gasteiger partial charge in [-0.2, -0.15) is 4.98 Å². The Labute approximate surface area is 256 Å². The number of benzene rings is 3. The molecule has 232 valence electrons. The Bertz CT molecular complexity index is 1820. The van der Waals surface area contributed by atoms with E-state index in [2.05, 4.69) is 41.3 Å². The molecule has 0 aliphatic carbocycles. The number of ether oxygens (including phenoxy) is 2. The summed E-state index contributed by atoms with van der Waals surface area (Å²) < 4.78 is 49.0. The first kappa shape index (κ1) is 30.0. The summed E-state index contributed by atoms with van der Waals surface area (Å²) in [5.74, 6) is -0.321. The van der Waals surface area contributed by atoms with Crippen LogP contribution in [0.25, 0.3) is 22.4 Å². The number of rotatable bonds is 8. The molecular weight excluding hydrogens is 587 g/mol. The van der Waals surface area contributed by atoms with E-state index in [1.165, 1.54) is 24.3 Å². The summed E-state index contributed by atoms with van der Waals surface area (Å²) in [6.07, 6.45) is -3.20. The second-order valence-corrected chi connectivity index (χ2v) is 10.7. The number of hydrogen-bond donors (Lipinski definition) is 2. The van der Waals surface area contributed by atoms with E-state index in [4.69, 9.17) is 4.74 Å². The molecule has 0 radical (unpaired) electrons. The average Bonchev–Trinajstić information content (AvgIpc) is 3.39. The number of alkyl halides is 3. The first-order valence-corrected chi connectivity index (χ1v) is 14.2. The number of hydrogen-bond acceptors (Lipinski definition) is 8. The minimum atomic E-state index is -4.79. The highest BCUT2D eigenvalue weighted by molar-refractivity contribution is 6.05. The molecule has 1 fully saturated rings. The van der Waals surface area contributed by atoms with E-state index in [9.17, 15) is 18.0 Å². The van der Waals surface area contributed by atoms with Gasteiger partial charge < -0.3 is 24.7 Å². The van der Waals surface area contributed by atoms with Crippen LogP contribution >= 0.6 is 0 Å². The molecule has 1 aliphatic rings. The van der Waals surface area contributed by atoms with Crippen molar-refractivity contribution in [3.63, 3.8) is 0 Å². The maximum absolute atomic E-state index is 13.1. The number of aromatic nitrogens is 4. The molecule has 1 saturated heterocycles. The Morgan fingerprint density at radius 2 is 1.73 bits per heavy atom. The first-order chi connectivity index (χ1) is 21.6. The zero-order chi connectivity index (χ0) is 31.6. The lowest BCUT2D eigenvalue weighted by Crippen LogP contribution is -2.35. The fourth-order valence-corrected chi connectivity index (χ4v) is 5.03. The fourth-order valence-electron chi connectivity index (χ4n) is 5.03. The minimum Gasteiger partial charge on any atom is -0.406 e. The van der Waals surface area contributed by atoms with Crippen molar-refractivity contribution in [1.29, 1.82) is 0 Å². The number of nitrogens with one attached hydrogen (secondary N) is 2. The van der Waals surface area contributed by atoms with Crippen LogP contribution in [0.5, 0.6) is 5.75 Å². The van der Waals surface area contributed by atoms with Crippen molar-refractivity contribution in [3.05, 3.63) is 89.7 Å². The zero-order valence-electron chi connectivity index (χ0n) is 24.6. The van der Waals surface area contributed by atoms with Gasteiger partial charge in [-0.1, -0.05) is 12.1 Å². The van der Waals surface area contributed by atoms with E-state index in [0.717, 1.165) is 49.7 Å². The standard InChI is InChI=1S/C32H30F3N7O3/c1-20-3-4-21(18-42-13-15-44-16-14-42)17-26(20)38-30(43)23-5-9-24(10-6-23)37-31-39-27(28-29(40-31)41(2)19-36-28)22-7-11-25(12-8-22)45-32(33,34)35/h3-12,17,19H,13-16,18H2,1-2H3,(H,38,43)(H,37,39,40). The molecule has 0 unspecified atom stereocenters. The van der Waals surface area contributed by atoms with Crippen molar-refractivity contribution in [3.8, 4) is 17.0 Å². The van der Waals surface area contributed by atoms with Crippen molar-refractivity contribution < 1.29 is 27.4 Å². The summed E-state index contributed by atoms with van der Waals surface area (Å²) in [5, 5.41) is 6.19. The van der Waals surface area contributed by atoms with Gasteiger partial charge in [0.2, 0.25) is 5.95 Å². The van der Waals surface area contributed by atoms with Gasteiger partial charge in [0.15, 0.2) is 5.65 Å². The van der Waals surface area contributed by atoms with Crippen molar-refractivity contribution in [2.24, 2.45) is 7.05 Å². The summed E-state index contributed by atoms with van der Waals surface area (Å²) in [5.41, 5.74) is 5.94. The van der Waals surface area contributed by atoms with E-state index in [0.29, 0.717) is 33.7 Å². The van der Waals surface area contributed by atoms with Crippen LogP contribution in [-0.2, 0) is 18.3 Å². The lowest BCUT2D eigenvalue weighted by Gasteiger charge is -2.26. The van der Waals surface area contributed by atoms with Crippen LogP contribution in [0, 0.1) is 6.92 Å². The highest BCUT2D eigenvalue weighted by atomic mass is 19.4. The average molecular weight is 618 g/mol. The van der Waals surface area contributed by atoms with E-state index in [1.807, 2.05) is 19.1 Å². The number of amides is 1. The molecule has 1 amide bonds. The van der Waals surface area contributed by atoms with E-state index < -0.39 is 6.36 Å². The van der Waals surface area contributed by atoms with Crippen LogP contribution in [0.4, 0.5) is 30.5 Å². The third-order valence-electron chi connectivity index (χ3n) is 7.38. The lowest BCUT2D eigenvalue weighted by atomic mass is 10.1. The predicted octanol–water partition coefficient (Wildman–Crippen LogP) is 6.07. The highest BCUT2D eigenvalue weighted by Crippen LogP contribution is 2.30. The molecule has 2 N–H and O–H groups in total. The maximum Gasteiger partial charge on any atom is 0.573 e. The highest BCUT2D eigenvalue weighted by Gasteiger charge is 2.31. The van der Waals surface area contributed by atoms with Crippen molar-refractivity contribution >= 4 is 34.4 Å². The molecular formula is C32H30F3N7O3. The minimum absolute atomic E-state index is 0.235. The van der Waals surface area contributed by atoms with Gasteiger partial charge in [-0.25, -0.2) is 9.97 Å². The number of nitrogens with zero attached hydrogens (tertiary/aromatic N) is 5. The molecule has 3 aromatic carbocycles. The van der Waals surface area contributed by atoms with Crippen LogP contribution < -0.4 is 15.4 Å². The molecule has 1 aliphatic heterocycles. The number of aryl methyl sites for hydroxylation is 2. The monoisotopic (exact) mass is 617 g/mol. The van der Waals surface area contributed by atoms with Gasteiger partial charge in [-0.15, -0.1) is 13.2 Å². The molecule has 0 spiro atoms. The summed E-state index contributed by atoms with van der Waals surface area (Å²) in [6, 6.07) is 18.4. The Hall–Kier alpha value is -5.01. The second kappa shape index (κ2) is 12.5. The van der Waals surface area contributed by atoms with E-state index >= 15 is 0 Å². The van der Waals surface area contributed by atoms with E-state index in [-0.39, 0.29) is 17.6 Å². The number of imidazole rings is 1. The van der Waals surface area contributed by atoms with Gasteiger partial charge in [-0.3, -0.25) is 9.69 Å². The number of anilines is 3. The Kier molecular flexibility index (Phi) is 8.37. The molecule has 0 bridgehead atoms. The maximum atomic E-state index is 13.1. The molecule has 13 heteroatoms.